The van der Waals surface area contributed by atoms with E-state index in [4.69, 9.17) is 28.3 Å². The molecule has 1 aromatic heterocycles. The molecule has 0 saturated carbocycles. The van der Waals surface area contributed by atoms with Crippen LogP contribution in [0.1, 0.15) is 5.56 Å². The van der Waals surface area contributed by atoms with Gasteiger partial charge in [-0.3, -0.25) is 4.79 Å². The summed E-state index contributed by atoms with van der Waals surface area (Å²) in [6.07, 6.45) is 1.15. The summed E-state index contributed by atoms with van der Waals surface area (Å²) < 4.78 is 0. The number of benzene rings is 1. The standard InChI is InChI=1S/C10H6Cl2N2O2/c11-6-1-5(2-8(15)16)9-7(3-6)10(12)14-4-13-9/h1,3-4H,2H2,(H,15,16). The van der Waals surface area contributed by atoms with Gasteiger partial charge in [-0.05, 0) is 17.7 Å². The summed E-state index contributed by atoms with van der Waals surface area (Å²) in [5.74, 6) is -0.946. The van der Waals surface area contributed by atoms with Crippen LogP contribution in [0.3, 0.4) is 0 Å². The highest BCUT2D eigenvalue weighted by molar-refractivity contribution is 6.35. The Morgan fingerprint density at radius 2 is 2.06 bits per heavy atom. The second-order valence-electron chi connectivity index (χ2n) is 3.20. The first kappa shape index (κ1) is 11.1. The summed E-state index contributed by atoms with van der Waals surface area (Å²) in [6, 6.07) is 3.19. The summed E-state index contributed by atoms with van der Waals surface area (Å²) in [5, 5.41) is 10.0. The highest BCUT2D eigenvalue weighted by atomic mass is 35.5. The second kappa shape index (κ2) is 4.23. The van der Waals surface area contributed by atoms with Crippen molar-refractivity contribution in [3.8, 4) is 0 Å². The van der Waals surface area contributed by atoms with Crippen molar-refractivity contribution >= 4 is 40.1 Å². The second-order valence-corrected chi connectivity index (χ2v) is 3.99. The number of carboxylic acid groups (broad SMARTS) is 1. The van der Waals surface area contributed by atoms with Crippen molar-refractivity contribution in [2.24, 2.45) is 0 Å². The molecule has 0 bridgehead atoms. The number of fused-ring (bicyclic) bond motifs is 1. The number of carbonyl (C=O) groups is 1. The smallest absolute Gasteiger partial charge is 0.307 e. The van der Waals surface area contributed by atoms with Crippen molar-refractivity contribution in [3.63, 3.8) is 0 Å². The van der Waals surface area contributed by atoms with Crippen molar-refractivity contribution < 1.29 is 9.90 Å². The Kier molecular flexibility index (Phi) is 2.94. The number of aromatic nitrogens is 2. The molecule has 4 nitrogen and oxygen atoms in total. The Bertz CT molecular complexity index is 572. The highest BCUT2D eigenvalue weighted by Gasteiger charge is 2.10. The molecule has 0 amide bonds. The molecule has 0 spiro atoms. The van der Waals surface area contributed by atoms with Crippen LogP contribution in [0.5, 0.6) is 0 Å². The van der Waals surface area contributed by atoms with Crippen LogP contribution >= 0.6 is 23.2 Å². The van der Waals surface area contributed by atoms with Gasteiger partial charge >= 0.3 is 5.97 Å². The van der Waals surface area contributed by atoms with Gasteiger partial charge in [0.2, 0.25) is 0 Å². The summed E-state index contributed by atoms with van der Waals surface area (Å²) in [7, 11) is 0. The van der Waals surface area contributed by atoms with E-state index >= 15 is 0 Å². The number of halogens is 2. The molecule has 6 heteroatoms. The van der Waals surface area contributed by atoms with Crippen LogP contribution in [0.15, 0.2) is 18.5 Å². The lowest BCUT2D eigenvalue weighted by Gasteiger charge is -2.05. The molecular formula is C10H6Cl2N2O2. The Balaban J connectivity index is 2.72. The lowest BCUT2D eigenvalue weighted by atomic mass is 10.1. The number of hydrogen-bond donors (Lipinski definition) is 1. The maximum atomic E-state index is 10.7. The van der Waals surface area contributed by atoms with Crippen LogP contribution in [0.25, 0.3) is 10.9 Å². The minimum atomic E-state index is -0.946. The van der Waals surface area contributed by atoms with Crippen molar-refractivity contribution in [2.75, 3.05) is 0 Å². The molecule has 1 aromatic carbocycles. The first-order chi connectivity index (χ1) is 7.58. The average molecular weight is 257 g/mol. The molecule has 1 heterocycles. The molecule has 0 saturated heterocycles. The fourth-order valence-electron chi connectivity index (χ4n) is 1.47. The molecule has 0 aliphatic rings. The molecule has 0 atom stereocenters. The van der Waals surface area contributed by atoms with Gasteiger partial charge in [0.15, 0.2) is 0 Å². The quantitative estimate of drug-likeness (QED) is 0.840. The van der Waals surface area contributed by atoms with E-state index in [-0.39, 0.29) is 11.6 Å². The van der Waals surface area contributed by atoms with Gasteiger partial charge in [-0.15, -0.1) is 0 Å². The summed E-state index contributed by atoms with van der Waals surface area (Å²) in [4.78, 5) is 18.5. The molecule has 0 radical (unpaired) electrons. The van der Waals surface area contributed by atoms with Crippen LogP contribution in [0.2, 0.25) is 10.2 Å². The zero-order chi connectivity index (χ0) is 11.7. The monoisotopic (exact) mass is 256 g/mol. The third-order valence-electron chi connectivity index (χ3n) is 2.08. The van der Waals surface area contributed by atoms with Gasteiger partial charge < -0.3 is 5.11 Å². The third kappa shape index (κ3) is 2.08. The molecule has 2 rings (SSSR count). The van der Waals surface area contributed by atoms with Gasteiger partial charge in [0.25, 0.3) is 0 Å². The molecule has 16 heavy (non-hydrogen) atoms. The normalized spacial score (nSPS) is 10.6. The van der Waals surface area contributed by atoms with E-state index in [0.29, 0.717) is 21.5 Å². The lowest BCUT2D eigenvalue weighted by molar-refractivity contribution is -0.136. The van der Waals surface area contributed by atoms with E-state index < -0.39 is 5.97 Å². The molecular weight excluding hydrogens is 251 g/mol. The maximum Gasteiger partial charge on any atom is 0.307 e. The Morgan fingerprint density at radius 3 is 2.75 bits per heavy atom. The van der Waals surface area contributed by atoms with E-state index in [0.717, 1.165) is 0 Å². The van der Waals surface area contributed by atoms with Gasteiger partial charge in [0, 0.05) is 10.4 Å². The maximum absolute atomic E-state index is 10.7. The largest absolute Gasteiger partial charge is 0.481 e. The lowest BCUT2D eigenvalue weighted by Crippen LogP contribution is -2.02. The van der Waals surface area contributed by atoms with E-state index in [2.05, 4.69) is 9.97 Å². The molecule has 0 fully saturated rings. The molecule has 82 valence electrons. The van der Waals surface area contributed by atoms with Crippen molar-refractivity contribution in [1.29, 1.82) is 0 Å². The number of nitrogens with zero attached hydrogens (tertiary/aromatic N) is 2. The third-order valence-corrected chi connectivity index (χ3v) is 2.59. The van der Waals surface area contributed by atoms with E-state index in [9.17, 15) is 4.79 Å². The van der Waals surface area contributed by atoms with Crippen LogP contribution < -0.4 is 0 Å². The summed E-state index contributed by atoms with van der Waals surface area (Å²) in [5.41, 5.74) is 1.05. The van der Waals surface area contributed by atoms with Gasteiger partial charge in [0.1, 0.15) is 11.5 Å². The van der Waals surface area contributed by atoms with E-state index in [1.165, 1.54) is 6.33 Å². The zero-order valence-electron chi connectivity index (χ0n) is 7.94. The van der Waals surface area contributed by atoms with Crippen LogP contribution in [0.4, 0.5) is 0 Å². The van der Waals surface area contributed by atoms with Crippen LogP contribution in [-0.2, 0) is 11.2 Å². The van der Waals surface area contributed by atoms with Crippen molar-refractivity contribution in [1.82, 2.24) is 9.97 Å². The number of hydrogen-bond acceptors (Lipinski definition) is 3. The van der Waals surface area contributed by atoms with E-state index in [1.54, 1.807) is 12.1 Å². The van der Waals surface area contributed by atoms with Crippen LogP contribution in [0, 0.1) is 0 Å². The fourth-order valence-corrected chi connectivity index (χ4v) is 1.90. The van der Waals surface area contributed by atoms with Gasteiger partial charge in [-0.25, -0.2) is 9.97 Å². The zero-order valence-corrected chi connectivity index (χ0v) is 9.46. The number of aliphatic carboxylic acids is 1. The molecule has 0 aliphatic carbocycles. The van der Waals surface area contributed by atoms with Gasteiger partial charge in [-0.2, -0.15) is 0 Å². The number of rotatable bonds is 2. The molecule has 1 N–H and O–H groups in total. The molecule has 0 unspecified atom stereocenters. The Labute approximate surface area is 101 Å². The van der Waals surface area contributed by atoms with Crippen molar-refractivity contribution in [3.05, 3.63) is 34.2 Å². The number of carboxylic acids is 1. The van der Waals surface area contributed by atoms with Crippen LogP contribution in [-0.4, -0.2) is 21.0 Å². The SMILES string of the molecule is O=C(O)Cc1cc(Cl)cc2c(Cl)ncnc12. The predicted octanol–water partition coefficient (Wildman–Crippen LogP) is 2.56. The Morgan fingerprint density at radius 1 is 1.31 bits per heavy atom. The van der Waals surface area contributed by atoms with E-state index in [1.807, 2.05) is 0 Å². The average Bonchev–Trinajstić information content (AvgIpc) is 2.18. The first-order valence-electron chi connectivity index (χ1n) is 4.38. The topological polar surface area (TPSA) is 63.1 Å². The summed E-state index contributed by atoms with van der Waals surface area (Å²) >= 11 is 11.8. The minimum absolute atomic E-state index is 0.148. The summed E-state index contributed by atoms with van der Waals surface area (Å²) in [6.45, 7) is 0. The predicted molar refractivity (Wildman–Crippen MR) is 60.9 cm³/mol. The van der Waals surface area contributed by atoms with Gasteiger partial charge in [0.05, 0.1) is 11.9 Å². The Hall–Kier alpha value is -1.39. The fraction of sp³-hybridized carbons (Fsp3) is 0.100. The minimum Gasteiger partial charge on any atom is -0.481 e. The van der Waals surface area contributed by atoms with Crippen molar-refractivity contribution in [2.45, 2.75) is 6.42 Å². The highest BCUT2D eigenvalue weighted by Crippen LogP contribution is 2.26. The molecule has 2 aromatic rings. The first-order valence-corrected chi connectivity index (χ1v) is 5.14. The molecule has 0 aliphatic heterocycles. The van der Waals surface area contributed by atoms with Gasteiger partial charge in [-0.1, -0.05) is 23.2 Å².